The van der Waals surface area contributed by atoms with Gasteiger partial charge in [0.2, 0.25) is 0 Å². The number of ether oxygens (including phenoxy) is 1. The van der Waals surface area contributed by atoms with Gasteiger partial charge in [-0.3, -0.25) is 19.5 Å². The number of benzene rings is 2. The van der Waals surface area contributed by atoms with E-state index in [1.807, 2.05) is 31.2 Å². The van der Waals surface area contributed by atoms with Gasteiger partial charge in [0, 0.05) is 55.5 Å². The summed E-state index contributed by atoms with van der Waals surface area (Å²) in [6.07, 6.45) is 3.20. The number of likely N-dealkylation sites (N-methyl/N-ethyl adjacent to an activating group) is 1. The molecule has 3 heterocycles. The second-order valence-electron chi connectivity index (χ2n) is 9.33. The summed E-state index contributed by atoms with van der Waals surface area (Å²) in [6.45, 7) is 6.01. The number of Topliss-reactive ketones (excluding diaryl/α,β-unsaturated/α-hetero) is 1. The number of hydrogen-bond donors (Lipinski definition) is 1. The molecule has 0 aliphatic carbocycles. The van der Waals surface area contributed by atoms with Crippen LogP contribution in [-0.2, 0) is 9.59 Å². The first kappa shape index (κ1) is 25.8. The van der Waals surface area contributed by atoms with Crippen LogP contribution < -0.4 is 14.5 Å². The highest BCUT2D eigenvalue weighted by atomic mass is 35.5. The van der Waals surface area contributed by atoms with Gasteiger partial charge in [-0.1, -0.05) is 11.6 Å². The number of ketones is 1. The number of carbonyl (C=O) groups is 2. The van der Waals surface area contributed by atoms with Crippen LogP contribution in [-0.4, -0.2) is 66.5 Å². The Hall–Kier alpha value is -3.88. The van der Waals surface area contributed by atoms with Crippen molar-refractivity contribution in [2.45, 2.75) is 13.0 Å². The molecule has 0 saturated carbocycles. The van der Waals surface area contributed by atoms with Crippen molar-refractivity contribution in [1.82, 2.24) is 9.88 Å². The molecular formula is C29H29ClN4O4. The van der Waals surface area contributed by atoms with Crippen LogP contribution in [0.5, 0.6) is 5.75 Å². The molecule has 3 aromatic rings. The molecule has 1 atom stereocenters. The standard InChI is InChI=1S/C29H29ClN4O4/c1-3-38-24-18-20(4-9-23(24)30)27(35)25-26(19-10-12-31-13-11-19)34(29(37)28(25)36)22-7-5-21(6-8-22)33-16-14-32(2)15-17-33/h4-13,18,26,35H,3,14-17H2,1-2H3/b27-25-. The highest BCUT2D eigenvalue weighted by Gasteiger charge is 2.47. The van der Waals surface area contributed by atoms with Crippen molar-refractivity contribution in [2.75, 3.05) is 49.6 Å². The molecule has 2 fully saturated rings. The van der Waals surface area contributed by atoms with Crippen molar-refractivity contribution < 1.29 is 19.4 Å². The van der Waals surface area contributed by atoms with E-state index >= 15 is 0 Å². The van der Waals surface area contributed by atoms with Crippen molar-refractivity contribution in [3.63, 3.8) is 0 Å². The first-order chi connectivity index (χ1) is 18.4. The fraction of sp³-hybridized carbons (Fsp3) is 0.276. The number of aliphatic hydroxyl groups is 1. The fourth-order valence-corrected chi connectivity index (χ4v) is 5.09. The maximum absolute atomic E-state index is 13.4. The molecule has 2 aromatic carbocycles. The highest BCUT2D eigenvalue weighted by molar-refractivity contribution is 6.51. The zero-order valence-corrected chi connectivity index (χ0v) is 22.1. The average molecular weight is 533 g/mol. The molecular weight excluding hydrogens is 504 g/mol. The van der Waals surface area contributed by atoms with E-state index in [0.29, 0.717) is 34.2 Å². The maximum Gasteiger partial charge on any atom is 0.300 e. The van der Waals surface area contributed by atoms with E-state index in [2.05, 4.69) is 21.8 Å². The number of aromatic nitrogens is 1. The van der Waals surface area contributed by atoms with Crippen molar-refractivity contribution in [3.8, 4) is 5.75 Å². The average Bonchev–Trinajstić information content (AvgIpc) is 3.21. The number of amides is 1. The lowest BCUT2D eigenvalue weighted by molar-refractivity contribution is -0.132. The van der Waals surface area contributed by atoms with Gasteiger partial charge in [0.05, 0.1) is 23.2 Å². The van der Waals surface area contributed by atoms with Crippen LogP contribution in [0.25, 0.3) is 5.76 Å². The van der Waals surface area contributed by atoms with Crippen molar-refractivity contribution >= 4 is 40.4 Å². The largest absolute Gasteiger partial charge is 0.507 e. The number of piperazine rings is 1. The molecule has 0 spiro atoms. The molecule has 1 amide bonds. The molecule has 0 bridgehead atoms. The number of halogens is 1. The molecule has 1 unspecified atom stereocenters. The van der Waals surface area contributed by atoms with Crippen LogP contribution in [0.1, 0.15) is 24.1 Å². The van der Waals surface area contributed by atoms with E-state index in [0.717, 1.165) is 31.9 Å². The smallest absolute Gasteiger partial charge is 0.300 e. The summed E-state index contributed by atoms with van der Waals surface area (Å²) >= 11 is 6.23. The maximum atomic E-state index is 13.4. The minimum absolute atomic E-state index is 0.00545. The Morgan fingerprint density at radius 2 is 1.66 bits per heavy atom. The second kappa shape index (κ2) is 10.8. The van der Waals surface area contributed by atoms with Gasteiger partial charge < -0.3 is 19.6 Å². The summed E-state index contributed by atoms with van der Waals surface area (Å²) in [4.78, 5) is 37.0. The Kier molecular flexibility index (Phi) is 7.35. The lowest BCUT2D eigenvalue weighted by Gasteiger charge is -2.34. The predicted molar refractivity (Wildman–Crippen MR) is 148 cm³/mol. The van der Waals surface area contributed by atoms with E-state index in [1.54, 1.807) is 42.7 Å². The van der Waals surface area contributed by atoms with E-state index in [-0.39, 0.29) is 11.3 Å². The van der Waals surface area contributed by atoms with Crippen molar-refractivity contribution in [1.29, 1.82) is 0 Å². The third-order valence-electron chi connectivity index (χ3n) is 6.97. The van der Waals surface area contributed by atoms with E-state index in [9.17, 15) is 14.7 Å². The van der Waals surface area contributed by atoms with Gasteiger partial charge in [0.1, 0.15) is 11.5 Å². The number of rotatable bonds is 6. The molecule has 1 aromatic heterocycles. The van der Waals surface area contributed by atoms with Gasteiger partial charge in [-0.05, 0) is 74.1 Å². The zero-order chi connectivity index (χ0) is 26.8. The quantitative estimate of drug-likeness (QED) is 0.284. The van der Waals surface area contributed by atoms with E-state index in [1.165, 1.54) is 4.90 Å². The number of nitrogens with zero attached hydrogens (tertiary/aromatic N) is 4. The molecule has 2 aliphatic rings. The molecule has 2 saturated heterocycles. The van der Waals surface area contributed by atoms with Gasteiger partial charge in [-0.15, -0.1) is 0 Å². The van der Waals surface area contributed by atoms with Crippen molar-refractivity contribution in [3.05, 3.63) is 88.7 Å². The third kappa shape index (κ3) is 4.85. The Morgan fingerprint density at radius 1 is 1.00 bits per heavy atom. The normalized spacial score (nSPS) is 19.7. The number of carbonyl (C=O) groups excluding carboxylic acids is 2. The SMILES string of the molecule is CCOc1cc(/C(O)=C2/C(=O)C(=O)N(c3ccc(N4CCN(C)CC4)cc3)C2c2ccncc2)ccc1Cl. The lowest BCUT2D eigenvalue weighted by Crippen LogP contribution is -2.44. The molecule has 38 heavy (non-hydrogen) atoms. The second-order valence-corrected chi connectivity index (χ2v) is 9.74. The van der Waals surface area contributed by atoms with Gasteiger partial charge in [0.25, 0.3) is 11.7 Å². The first-order valence-corrected chi connectivity index (χ1v) is 12.9. The van der Waals surface area contributed by atoms with Crippen LogP contribution in [0.2, 0.25) is 5.02 Å². The number of aliphatic hydroxyl groups excluding tert-OH is 1. The van der Waals surface area contributed by atoms with E-state index < -0.39 is 17.7 Å². The highest BCUT2D eigenvalue weighted by Crippen LogP contribution is 2.43. The Balaban J connectivity index is 1.57. The summed E-state index contributed by atoms with van der Waals surface area (Å²) < 4.78 is 5.56. The predicted octanol–water partition coefficient (Wildman–Crippen LogP) is 4.51. The van der Waals surface area contributed by atoms with E-state index in [4.69, 9.17) is 16.3 Å². The summed E-state index contributed by atoms with van der Waals surface area (Å²) in [5.74, 6) is -1.38. The molecule has 1 N–H and O–H groups in total. The molecule has 196 valence electrons. The summed E-state index contributed by atoms with van der Waals surface area (Å²) in [5.41, 5.74) is 2.61. The van der Waals surface area contributed by atoms with Crippen LogP contribution in [0.15, 0.2) is 72.6 Å². The lowest BCUT2D eigenvalue weighted by atomic mass is 9.95. The van der Waals surface area contributed by atoms with Crippen LogP contribution in [0.3, 0.4) is 0 Å². The first-order valence-electron chi connectivity index (χ1n) is 12.6. The number of hydrogen-bond acceptors (Lipinski definition) is 7. The number of pyridine rings is 1. The van der Waals surface area contributed by atoms with Crippen LogP contribution in [0.4, 0.5) is 11.4 Å². The van der Waals surface area contributed by atoms with Crippen LogP contribution in [0, 0.1) is 0 Å². The summed E-state index contributed by atoms with van der Waals surface area (Å²) in [6, 6.07) is 15.0. The minimum Gasteiger partial charge on any atom is -0.507 e. The minimum atomic E-state index is -0.835. The summed E-state index contributed by atoms with van der Waals surface area (Å²) in [5, 5.41) is 11.8. The molecule has 9 heteroatoms. The molecule has 2 aliphatic heterocycles. The molecule has 0 radical (unpaired) electrons. The zero-order valence-electron chi connectivity index (χ0n) is 21.3. The van der Waals surface area contributed by atoms with Crippen LogP contribution >= 0.6 is 11.6 Å². The Labute approximate surface area is 226 Å². The topological polar surface area (TPSA) is 86.2 Å². The third-order valence-corrected chi connectivity index (χ3v) is 7.28. The summed E-state index contributed by atoms with van der Waals surface area (Å²) in [7, 11) is 2.11. The molecule has 5 rings (SSSR count). The van der Waals surface area contributed by atoms with Gasteiger partial charge in [0.15, 0.2) is 0 Å². The van der Waals surface area contributed by atoms with Gasteiger partial charge in [-0.25, -0.2) is 0 Å². The monoisotopic (exact) mass is 532 g/mol. The Morgan fingerprint density at radius 3 is 2.32 bits per heavy atom. The van der Waals surface area contributed by atoms with Crippen molar-refractivity contribution in [2.24, 2.45) is 0 Å². The van der Waals surface area contributed by atoms with Gasteiger partial charge >= 0.3 is 0 Å². The Bertz CT molecular complexity index is 1370. The molecule has 8 nitrogen and oxygen atoms in total. The number of anilines is 2. The fourth-order valence-electron chi connectivity index (χ4n) is 4.92. The van der Waals surface area contributed by atoms with Gasteiger partial charge in [-0.2, -0.15) is 0 Å².